The predicted molar refractivity (Wildman–Crippen MR) is 113 cm³/mol. The van der Waals surface area contributed by atoms with E-state index in [1.807, 2.05) is 48.5 Å². The fraction of sp³-hybridized carbons (Fsp3) is 0.391. The molecular formula is C23H27N3O3. The van der Waals surface area contributed by atoms with Gasteiger partial charge in [-0.15, -0.1) is 0 Å². The van der Waals surface area contributed by atoms with Crippen molar-refractivity contribution in [3.05, 3.63) is 54.1 Å². The van der Waals surface area contributed by atoms with Gasteiger partial charge in [0.05, 0.1) is 5.92 Å². The summed E-state index contributed by atoms with van der Waals surface area (Å²) in [4.78, 5) is 24.9. The molecule has 6 heteroatoms. The predicted octanol–water partition coefficient (Wildman–Crippen LogP) is 4.33. The second kappa shape index (κ2) is 8.99. The smallest absolute Gasteiger partial charge is 0.323 e. The molecule has 2 aromatic rings. The molecule has 0 saturated heterocycles. The minimum atomic E-state index is -0.306. The molecule has 0 spiro atoms. The van der Waals surface area contributed by atoms with Gasteiger partial charge >= 0.3 is 6.03 Å². The number of rotatable bonds is 4. The Hall–Kier alpha value is -3.02. The first kappa shape index (κ1) is 19.3. The van der Waals surface area contributed by atoms with Crippen LogP contribution in [-0.4, -0.2) is 24.6 Å². The summed E-state index contributed by atoms with van der Waals surface area (Å²) in [6.45, 7) is 0.396. The highest BCUT2D eigenvalue weighted by Gasteiger charge is 2.28. The molecule has 3 N–H and O–H groups in total. The summed E-state index contributed by atoms with van der Waals surface area (Å²) in [6.07, 6.45) is 6.40. The number of anilines is 2. The quantitative estimate of drug-likeness (QED) is 0.723. The van der Waals surface area contributed by atoms with Gasteiger partial charge in [-0.1, -0.05) is 37.5 Å². The van der Waals surface area contributed by atoms with Crippen molar-refractivity contribution in [2.75, 3.05) is 17.2 Å². The molecule has 0 unspecified atom stereocenters. The Morgan fingerprint density at radius 2 is 1.66 bits per heavy atom. The van der Waals surface area contributed by atoms with E-state index in [2.05, 4.69) is 16.0 Å². The standard InChI is InChI=1S/C23H27N3O3/c27-22(24-18-7-3-1-4-8-18)17-13-16-14-20(11-12-21(16)29-15-17)26-23(28)25-19-9-5-2-6-10-19/h2,5-6,9-12,14,17-18H,1,3-4,7-8,13,15H2,(H,24,27)(H2,25,26,28)/t17-/m0/s1. The first-order valence-corrected chi connectivity index (χ1v) is 10.4. The van der Waals surface area contributed by atoms with Crippen LogP contribution in [0.2, 0.25) is 0 Å². The minimum Gasteiger partial charge on any atom is -0.492 e. The van der Waals surface area contributed by atoms with E-state index in [1.165, 1.54) is 19.3 Å². The highest BCUT2D eigenvalue weighted by Crippen LogP contribution is 2.30. The van der Waals surface area contributed by atoms with Crippen LogP contribution in [0.1, 0.15) is 37.7 Å². The van der Waals surface area contributed by atoms with Gasteiger partial charge < -0.3 is 20.7 Å². The maximum atomic E-state index is 12.7. The third kappa shape index (κ3) is 5.08. The van der Waals surface area contributed by atoms with Crippen LogP contribution < -0.4 is 20.7 Å². The van der Waals surface area contributed by atoms with Crippen LogP contribution in [-0.2, 0) is 11.2 Å². The van der Waals surface area contributed by atoms with E-state index in [0.717, 1.165) is 29.8 Å². The Labute approximate surface area is 171 Å². The second-order valence-electron chi connectivity index (χ2n) is 7.82. The maximum absolute atomic E-state index is 12.7. The van der Waals surface area contributed by atoms with E-state index in [9.17, 15) is 9.59 Å². The van der Waals surface area contributed by atoms with E-state index in [-0.39, 0.29) is 17.9 Å². The molecule has 4 rings (SSSR count). The van der Waals surface area contributed by atoms with Gasteiger partial charge in [0.2, 0.25) is 5.91 Å². The molecule has 0 radical (unpaired) electrons. The molecule has 1 atom stereocenters. The van der Waals surface area contributed by atoms with E-state index >= 15 is 0 Å². The lowest BCUT2D eigenvalue weighted by molar-refractivity contribution is -0.127. The Morgan fingerprint density at radius 3 is 2.45 bits per heavy atom. The fourth-order valence-corrected chi connectivity index (χ4v) is 4.02. The summed E-state index contributed by atoms with van der Waals surface area (Å²) in [7, 11) is 0. The van der Waals surface area contributed by atoms with Crippen LogP contribution in [0.15, 0.2) is 48.5 Å². The number of ether oxygens (including phenoxy) is 1. The fourth-order valence-electron chi connectivity index (χ4n) is 4.02. The van der Waals surface area contributed by atoms with Crippen molar-refractivity contribution in [2.45, 2.75) is 44.6 Å². The molecule has 1 heterocycles. The summed E-state index contributed by atoms with van der Waals surface area (Å²) >= 11 is 0. The average molecular weight is 393 g/mol. The van der Waals surface area contributed by atoms with E-state index < -0.39 is 0 Å². The van der Waals surface area contributed by atoms with Crippen molar-refractivity contribution >= 4 is 23.3 Å². The lowest BCUT2D eigenvalue weighted by atomic mass is 9.92. The highest BCUT2D eigenvalue weighted by molar-refractivity contribution is 5.99. The summed E-state index contributed by atoms with van der Waals surface area (Å²) in [5.74, 6) is 0.654. The average Bonchev–Trinajstić information content (AvgIpc) is 2.74. The number of para-hydroxylation sites is 1. The molecular weight excluding hydrogens is 366 g/mol. The van der Waals surface area contributed by atoms with Crippen molar-refractivity contribution in [2.24, 2.45) is 5.92 Å². The molecule has 0 bridgehead atoms. The highest BCUT2D eigenvalue weighted by atomic mass is 16.5. The third-order valence-corrected chi connectivity index (χ3v) is 5.58. The van der Waals surface area contributed by atoms with Gasteiger partial charge in [0, 0.05) is 17.4 Å². The van der Waals surface area contributed by atoms with Gasteiger partial charge in [0.1, 0.15) is 12.4 Å². The van der Waals surface area contributed by atoms with Gasteiger partial charge in [-0.25, -0.2) is 4.79 Å². The molecule has 152 valence electrons. The number of urea groups is 1. The largest absolute Gasteiger partial charge is 0.492 e. The van der Waals surface area contributed by atoms with E-state index in [4.69, 9.17) is 4.74 Å². The number of benzene rings is 2. The number of carbonyl (C=O) groups is 2. The Kier molecular flexibility index (Phi) is 5.98. The number of hydrogen-bond donors (Lipinski definition) is 3. The Balaban J connectivity index is 1.36. The topological polar surface area (TPSA) is 79.5 Å². The molecule has 2 aromatic carbocycles. The third-order valence-electron chi connectivity index (χ3n) is 5.58. The first-order valence-electron chi connectivity index (χ1n) is 10.4. The second-order valence-corrected chi connectivity index (χ2v) is 7.82. The Bertz CT molecular complexity index is 863. The number of amides is 3. The van der Waals surface area contributed by atoms with Gasteiger partial charge in [0.15, 0.2) is 0 Å². The summed E-state index contributed by atoms with van der Waals surface area (Å²) in [5.41, 5.74) is 2.34. The molecule has 3 amide bonds. The number of carbonyl (C=O) groups excluding carboxylic acids is 2. The van der Waals surface area contributed by atoms with Crippen molar-refractivity contribution < 1.29 is 14.3 Å². The van der Waals surface area contributed by atoms with Gasteiger partial charge in [-0.3, -0.25) is 4.79 Å². The molecule has 29 heavy (non-hydrogen) atoms. The summed E-state index contributed by atoms with van der Waals surface area (Å²) in [6, 6.07) is 14.8. The van der Waals surface area contributed by atoms with E-state index in [1.54, 1.807) is 0 Å². The minimum absolute atomic E-state index is 0.0720. The normalized spacial score (nSPS) is 18.8. The lowest BCUT2D eigenvalue weighted by Gasteiger charge is -2.28. The van der Waals surface area contributed by atoms with Crippen molar-refractivity contribution in [1.29, 1.82) is 0 Å². The van der Waals surface area contributed by atoms with E-state index in [0.29, 0.717) is 24.8 Å². The number of fused-ring (bicyclic) bond motifs is 1. The van der Waals surface area contributed by atoms with Gasteiger partial charge in [-0.2, -0.15) is 0 Å². The number of nitrogens with one attached hydrogen (secondary N) is 3. The lowest BCUT2D eigenvalue weighted by Crippen LogP contribution is -2.43. The zero-order chi connectivity index (χ0) is 20.1. The zero-order valence-electron chi connectivity index (χ0n) is 16.4. The Morgan fingerprint density at radius 1 is 0.897 bits per heavy atom. The molecule has 0 aromatic heterocycles. The summed E-state index contributed by atoms with van der Waals surface area (Å²) in [5, 5.41) is 8.84. The van der Waals surface area contributed by atoms with Gasteiger partial charge in [0.25, 0.3) is 0 Å². The van der Waals surface area contributed by atoms with Crippen molar-refractivity contribution in [3.63, 3.8) is 0 Å². The first-order chi connectivity index (χ1) is 14.2. The molecule has 6 nitrogen and oxygen atoms in total. The monoisotopic (exact) mass is 393 g/mol. The van der Waals surface area contributed by atoms with Crippen molar-refractivity contribution in [1.82, 2.24) is 5.32 Å². The zero-order valence-corrected chi connectivity index (χ0v) is 16.4. The molecule has 1 aliphatic carbocycles. The molecule has 1 saturated carbocycles. The maximum Gasteiger partial charge on any atom is 0.323 e. The van der Waals surface area contributed by atoms with Crippen LogP contribution in [0.4, 0.5) is 16.2 Å². The molecule has 1 fully saturated rings. The summed E-state index contributed by atoms with van der Waals surface area (Å²) < 4.78 is 5.81. The molecule has 2 aliphatic rings. The van der Waals surface area contributed by atoms with Crippen LogP contribution >= 0.6 is 0 Å². The van der Waals surface area contributed by atoms with Gasteiger partial charge in [-0.05, 0) is 55.2 Å². The number of hydrogen-bond acceptors (Lipinski definition) is 3. The molecule has 1 aliphatic heterocycles. The van der Waals surface area contributed by atoms with Crippen LogP contribution in [0.25, 0.3) is 0 Å². The van der Waals surface area contributed by atoms with Crippen LogP contribution in [0.5, 0.6) is 5.75 Å². The van der Waals surface area contributed by atoms with Crippen LogP contribution in [0.3, 0.4) is 0 Å². The van der Waals surface area contributed by atoms with Crippen LogP contribution in [0, 0.1) is 5.92 Å². The SMILES string of the molecule is O=C(Nc1ccccc1)Nc1ccc2c(c1)C[C@H](C(=O)NC1CCCCC1)CO2. The van der Waals surface area contributed by atoms with Crippen molar-refractivity contribution in [3.8, 4) is 5.75 Å².